The Balaban J connectivity index is 0.000000364. The van der Waals surface area contributed by atoms with Crippen molar-refractivity contribution in [3.63, 3.8) is 0 Å². The van der Waals surface area contributed by atoms with Gasteiger partial charge in [0.15, 0.2) is 0 Å². The standard InChI is InChI=1S/C36H47F2N5O6S.C30H43F2N5O6S.C29H41F2N5O6S/c1-4-7-15-43(41-34(45)19-25-11-9-8-10-12-25)24-33(44)32(18-26-16-29(37)23-30(38)17-26)40-35(46)27-20-28(22-31(21-27)50(39,48)49)36(47)42(13-5-2)14-6-3;1-6-9-36(10-7-2)30(41)22-14-21(15-25(16-22)44(33,42)43)29(40)34-26(13-20-11-23(31)17-24(32)12-20)27(38)18-37(8-3)35-28(39)19(4)5;1-6-8-36(9-7-2)29(40)21-13-20(14-24(15-21)43(32,41)42)28(39)33-25(12-19-10-22(30)16-23(31)11-19)26(37)17-35(5)34-27(38)18(3)4/h8-12,16-17,20-23,32-33,44H,4-7,13-15,18-19,24H2,1-3H3,(H,40,46)(H,41,45)(H2,39,48,49);11-12,14-17,19,26-27,38H,6-10,13,18H2,1-5H3,(H,34,40)(H,35,39)(H2,33,42,43);10-11,13-16,18,25-26,37H,6-9,12,17H2,1-5H3,(H,33,39)(H,34,38)(H2,32,41,42). The zero-order valence-electron chi connectivity index (χ0n) is 79.5. The van der Waals surface area contributed by atoms with E-state index in [9.17, 15) is 110 Å². The van der Waals surface area contributed by atoms with Crippen molar-refractivity contribution in [3.05, 3.63) is 230 Å². The summed E-state index contributed by atoms with van der Waals surface area (Å²) in [5.74, 6) is -10.8. The van der Waals surface area contributed by atoms with Gasteiger partial charge in [0.05, 0.1) is 57.5 Å². The first-order chi connectivity index (χ1) is 64.4. The Bertz CT molecular complexity index is 5530. The summed E-state index contributed by atoms with van der Waals surface area (Å²) in [6.45, 7) is 24.3. The van der Waals surface area contributed by atoms with Crippen LogP contribution in [0, 0.1) is 46.7 Å². The zero-order valence-corrected chi connectivity index (χ0v) is 82.0. The number of amides is 9. The van der Waals surface area contributed by atoms with Crippen LogP contribution in [0.25, 0.3) is 0 Å². The highest BCUT2D eigenvalue weighted by atomic mass is 32.2. The van der Waals surface area contributed by atoms with E-state index in [1.54, 1.807) is 44.4 Å². The summed E-state index contributed by atoms with van der Waals surface area (Å²) >= 11 is 0. The van der Waals surface area contributed by atoms with Crippen LogP contribution in [-0.4, -0.2) is 239 Å². The van der Waals surface area contributed by atoms with Crippen LogP contribution in [0.1, 0.15) is 219 Å². The topological polar surface area (TPSA) is 486 Å². The normalized spacial score (nSPS) is 12.9. The van der Waals surface area contributed by atoms with E-state index in [2.05, 4.69) is 32.2 Å². The third-order valence-corrected chi connectivity index (χ3v) is 23.8. The highest BCUT2D eigenvalue weighted by Crippen LogP contribution is 2.25. The average Bonchev–Trinajstić information content (AvgIpc) is 0.806. The fraction of sp³-hybridized carbons (Fsp3) is 0.463. The number of rotatable bonds is 50. The van der Waals surface area contributed by atoms with Crippen LogP contribution in [0.15, 0.2) is 154 Å². The fourth-order valence-electron chi connectivity index (χ4n) is 14.3. The van der Waals surface area contributed by atoms with Gasteiger partial charge in [0.25, 0.3) is 35.4 Å². The van der Waals surface area contributed by atoms with Gasteiger partial charge in [-0.3, -0.25) is 59.4 Å². The predicted molar refractivity (Wildman–Crippen MR) is 505 cm³/mol. The number of primary sulfonamides is 3. The van der Waals surface area contributed by atoms with Crippen molar-refractivity contribution in [2.75, 3.05) is 79.0 Å². The molecule has 0 saturated carbocycles. The largest absolute Gasteiger partial charge is 0.390 e. The fourth-order valence-corrected chi connectivity index (χ4v) is 16.0. The molecule has 0 spiro atoms. The Morgan fingerprint density at radius 2 is 0.635 bits per heavy atom. The summed E-state index contributed by atoms with van der Waals surface area (Å²) in [4.78, 5) is 121. The van der Waals surface area contributed by atoms with Crippen molar-refractivity contribution in [2.45, 2.75) is 211 Å². The van der Waals surface area contributed by atoms with Crippen LogP contribution in [0.5, 0.6) is 0 Å². The number of aliphatic hydroxyl groups is 3. The van der Waals surface area contributed by atoms with Gasteiger partial charge >= 0.3 is 0 Å². The molecule has 0 aliphatic heterocycles. The van der Waals surface area contributed by atoms with Gasteiger partial charge in [-0.15, -0.1) is 0 Å². The first kappa shape index (κ1) is 116. The second-order valence-electron chi connectivity index (χ2n) is 33.8. The molecule has 0 aliphatic rings. The van der Waals surface area contributed by atoms with Gasteiger partial charge in [0, 0.05) is 142 Å². The molecule has 7 aromatic carbocycles. The average molecular weight is 1980 g/mol. The van der Waals surface area contributed by atoms with E-state index < -0.39 is 152 Å². The molecule has 137 heavy (non-hydrogen) atoms. The highest BCUT2D eigenvalue weighted by Gasteiger charge is 2.33. The molecule has 6 atom stereocenters. The smallest absolute Gasteiger partial charge is 0.253 e. The lowest BCUT2D eigenvalue weighted by molar-refractivity contribution is -0.130. The number of hydrogen-bond acceptors (Lipinski definition) is 21. The number of hydrogen-bond donors (Lipinski definition) is 12. The SMILES string of the molecule is CCCCN(CC(O)C(Cc1cc(F)cc(F)c1)NC(=O)c1cc(C(=O)N(CCC)CCC)cc(S(N)(=O)=O)c1)NC(=O)Cc1ccccc1.CCCN(CCC)C(=O)c1cc(C(=O)NC(Cc2cc(F)cc(F)c2)C(O)CN(C)NC(=O)C(C)C)cc(S(N)(=O)=O)c1.CCCN(CCC)C(=O)c1cc(C(=O)NC(Cc2cc(F)cc(F)c2)C(O)CN(CC)NC(=O)C(C)C)cc(S(N)(=O)=O)c1. The van der Waals surface area contributed by atoms with Crippen molar-refractivity contribution < 1.29 is 110 Å². The van der Waals surface area contributed by atoms with Crippen LogP contribution in [0.3, 0.4) is 0 Å². The third-order valence-electron chi connectivity index (χ3n) is 21.1. The number of nitrogens with zero attached hydrogens (tertiary/aromatic N) is 6. The molecular weight excluding hydrogens is 1850 g/mol. The number of nitrogens with two attached hydrogens (primary N) is 3. The number of likely N-dealkylation sites (N-methyl/N-ethyl adjacent to an activating group) is 2. The highest BCUT2D eigenvalue weighted by molar-refractivity contribution is 7.89. The summed E-state index contributed by atoms with van der Waals surface area (Å²) in [6.07, 6.45) is 0.604. The number of carbonyl (C=O) groups excluding carboxylic acids is 9. The maximum atomic E-state index is 14.2. The van der Waals surface area contributed by atoms with Gasteiger partial charge in [-0.1, -0.05) is 120 Å². The maximum absolute atomic E-state index is 14.2. The molecule has 0 bridgehead atoms. The summed E-state index contributed by atoms with van der Waals surface area (Å²) in [5.41, 5.74) is 8.34. The molecule has 0 aromatic heterocycles. The number of nitrogens with one attached hydrogen (secondary N) is 6. The Hall–Kier alpha value is -11.2. The van der Waals surface area contributed by atoms with Crippen molar-refractivity contribution in [1.29, 1.82) is 0 Å². The summed E-state index contributed by atoms with van der Waals surface area (Å²) in [6, 6.07) is 24.0. The van der Waals surface area contributed by atoms with Crippen molar-refractivity contribution in [1.82, 2.24) is 62.0 Å². The van der Waals surface area contributed by atoms with E-state index in [1.807, 2.05) is 78.8 Å². The minimum atomic E-state index is -4.36. The quantitative estimate of drug-likeness (QED) is 0.0125. The van der Waals surface area contributed by atoms with E-state index in [0.29, 0.717) is 116 Å². The van der Waals surface area contributed by atoms with E-state index in [0.717, 1.165) is 84.8 Å². The maximum Gasteiger partial charge on any atom is 0.253 e. The Morgan fingerprint density at radius 1 is 0.350 bits per heavy atom. The molecular formula is C95H131F6N15O18S3. The predicted octanol–water partition coefficient (Wildman–Crippen LogP) is 8.73. The molecule has 0 heterocycles. The Kier molecular flexibility index (Phi) is 47.6. The first-order valence-corrected chi connectivity index (χ1v) is 49.9. The van der Waals surface area contributed by atoms with Crippen molar-refractivity contribution >= 4 is 83.2 Å². The van der Waals surface area contributed by atoms with Crippen molar-refractivity contribution in [3.8, 4) is 0 Å². The molecule has 7 rings (SSSR count). The van der Waals surface area contributed by atoms with Gasteiger partial charge in [0.1, 0.15) is 34.9 Å². The number of sulfonamides is 3. The zero-order chi connectivity index (χ0) is 103. The van der Waals surface area contributed by atoms with Gasteiger partial charge in [-0.2, -0.15) is 0 Å². The molecule has 0 aliphatic carbocycles. The molecule has 15 N–H and O–H groups in total. The van der Waals surface area contributed by atoms with E-state index in [-0.39, 0.29) is 125 Å². The second-order valence-corrected chi connectivity index (χ2v) is 38.5. The molecule has 42 heteroatoms. The van der Waals surface area contributed by atoms with E-state index in [4.69, 9.17) is 15.4 Å². The number of aliphatic hydroxyl groups excluding tert-OH is 3. The monoisotopic (exact) mass is 1980 g/mol. The minimum Gasteiger partial charge on any atom is -0.390 e. The van der Waals surface area contributed by atoms with Crippen LogP contribution >= 0.6 is 0 Å². The summed E-state index contributed by atoms with van der Waals surface area (Å²) in [5, 5.41) is 62.1. The summed E-state index contributed by atoms with van der Waals surface area (Å²) in [7, 11) is -11.5. The molecule has 754 valence electrons. The van der Waals surface area contributed by atoms with Gasteiger partial charge in [0.2, 0.25) is 47.8 Å². The Morgan fingerprint density at radius 3 is 0.912 bits per heavy atom. The number of benzene rings is 7. The lowest BCUT2D eigenvalue weighted by Crippen LogP contribution is -2.53. The second kappa shape index (κ2) is 56.0. The van der Waals surface area contributed by atoms with E-state index >= 15 is 0 Å². The molecule has 7 aromatic rings. The van der Waals surface area contributed by atoms with Gasteiger partial charge in [-0.25, -0.2) is 82.0 Å². The molecule has 0 radical (unpaired) electrons. The molecule has 33 nitrogen and oxygen atoms in total. The first-order valence-electron chi connectivity index (χ1n) is 45.3. The molecule has 0 fully saturated rings. The minimum absolute atomic E-state index is 0.0681. The van der Waals surface area contributed by atoms with Gasteiger partial charge in [-0.05, 0) is 177 Å². The number of hydrazine groups is 3. The van der Waals surface area contributed by atoms with Crippen molar-refractivity contribution in [2.24, 2.45) is 27.3 Å². The van der Waals surface area contributed by atoms with Crippen LogP contribution in [-0.2, 0) is 70.1 Å². The third kappa shape index (κ3) is 39.3. The van der Waals surface area contributed by atoms with Gasteiger partial charge < -0.3 is 46.0 Å². The van der Waals surface area contributed by atoms with Crippen LogP contribution in [0.4, 0.5) is 26.3 Å². The molecule has 9 amide bonds. The molecule has 6 unspecified atom stereocenters. The van der Waals surface area contributed by atoms with Crippen LogP contribution in [0.2, 0.25) is 0 Å². The number of carbonyl (C=O) groups is 9. The lowest BCUT2D eigenvalue weighted by atomic mass is 9.99. The van der Waals surface area contributed by atoms with Crippen LogP contribution < -0.4 is 47.6 Å². The van der Waals surface area contributed by atoms with E-state index in [1.165, 1.54) is 45.2 Å². The Labute approximate surface area is 798 Å². The number of halogens is 6. The lowest BCUT2D eigenvalue weighted by Gasteiger charge is -2.30. The summed E-state index contributed by atoms with van der Waals surface area (Å²) < 4.78 is 158. The number of unbranched alkanes of at least 4 members (excludes halogenated alkanes) is 1. The molecule has 0 saturated heterocycles.